The van der Waals surface area contributed by atoms with Crippen LogP contribution in [-0.2, 0) is 12.8 Å². The van der Waals surface area contributed by atoms with Crippen molar-refractivity contribution < 1.29 is 0 Å². The van der Waals surface area contributed by atoms with Gasteiger partial charge in [0.1, 0.15) is 5.00 Å². The largest absolute Gasteiger partial charge is 0.302 e. The molecule has 3 rings (SSSR count). The predicted octanol–water partition coefficient (Wildman–Crippen LogP) is 11.8. The average molecular weight is 555 g/mol. The van der Waals surface area contributed by atoms with Crippen molar-refractivity contribution in [3.05, 3.63) is 75.6 Å². The number of nitrogens with zero attached hydrogens (tertiary/aromatic N) is 1. The standard InChI is InChI=1S/C32H44BrNS/c1-3-5-7-9-11-13-15-27-17-21-29(22-18-27)34(32-26-25-31(33)35-32)30-23-19-28(20-24-30)16-14-12-10-8-6-4-2/h17-26H,3-16H2,1-2H3. The van der Waals surface area contributed by atoms with Crippen LogP contribution in [0.2, 0.25) is 0 Å². The van der Waals surface area contributed by atoms with Crippen LogP contribution in [0.3, 0.4) is 0 Å². The van der Waals surface area contributed by atoms with Crippen molar-refractivity contribution in [1.29, 1.82) is 0 Å². The molecule has 0 fully saturated rings. The van der Waals surface area contributed by atoms with E-state index in [4.69, 9.17) is 0 Å². The fourth-order valence-electron chi connectivity index (χ4n) is 4.67. The Hall–Kier alpha value is -1.58. The number of hydrogen-bond donors (Lipinski definition) is 0. The number of unbranched alkanes of at least 4 members (excludes halogenated alkanes) is 10. The predicted molar refractivity (Wildman–Crippen MR) is 161 cm³/mol. The third-order valence-electron chi connectivity index (χ3n) is 6.81. The molecule has 0 saturated carbocycles. The number of aryl methyl sites for hydroxylation is 2. The molecule has 3 aromatic rings. The monoisotopic (exact) mass is 553 g/mol. The van der Waals surface area contributed by atoms with Crippen LogP contribution >= 0.6 is 27.3 Å². The Bertz CT molecular complexity index is 885. The Morgan fingerprint density at radius 3 is 1.37 bits per heavy atom. The highest BCUT2D eigenvalue weighted by Crippen LogP contribution is 2.40. The lowest BCUT2D eigenvalue weighted by Gasteiger charge is -2.24. The molecular weight excluding hydrogens is 510 g/mol. The first-order valence-corrected chi connectivity index (χ1v) is 15.6. The second kappa shape index (κ2) is 16.2. The molecule has 0 spiro atoms. The van der Waals surface area contributed by atoms with E-state index in [0.29, 0.717) is 0 Å². The molecule has 0 aliphatic heterocycles. The first kappa shape index (κ1) is 28.0. The zero-order valence-corrected chi connectivity index (χ0v) is 24.3. The van der Waals surface area contributed by atoms with Gasteiger partial charge < -0.3 is 4.90 Å². The Morgan fingerprint density at radius 1 is 0.543 bits per heavy atom. The van der Waals surface area contributed by atoms with Gasteiger partial charge in [0, 0.05) is 11.4 Å². The van der Waals surface area contributed by atoms with Gasteiger partial charge in [0.15, 0.2) is 0 Å². The molecule has 1 nitrogen and oxygen atoms in total. The van der Waals surface area contributed by atoms with Gasteiger partial charge in [-0.1, -0.05) is 102 Å². The summed E-state index contributed by atoms with van der Waals surface area (Å²) in [7, 11) is 0. The first-order valence-electron chi connectivity index (χ1n) is 13.9. The van der Waals surface area contributed by atoms with Crippen molar-refractivity contribution >= 4 is 43.6 Å². The highest BCUT2D eigenvalue weighted by atomic mass is 79.9. The fourth-order valence-corrected chi connectivity index (χ4v) is 6.07. The van der Waals surface area contributed by atoms with Crippen LogP contribution in [0.25, 0.3) is 0 Å². The summed E-state index contributed by atoms with van der Waals surface area (Å²) < 4.78 is 1.16. The highest BCUT2D eigenvalue weighted by molar-refractivity contribution is 9.11. The molecule has 190 valence electrons. The molecule has 0 N–H and O–H groups in total. The Morgan fingerprint density at radius 2 is 0.971 bits per heavy atom. The maximum Gasteiger partial charge on any atom is 0.101 e. The number of benzene rings is 2. The molecule has 3 heteroatoms. The normalized spacial score (nSPS) is 11.2. The first-order chi connectivity index (χ1) is 17.2. The summed E-state index contributed by atoms with van der Waals surface area (Å²) in [6.45, 7) is 4.56. The SMILES string of the molecule is CCCCCCCCc1ccc(N(c2ccc(CCCCCCCC)cc2)c2ccc(Br)s2)cc1. The number of hydrogen-bond acceptors (Lipinski definition) is 2. The maximum absolute atomic E-state index is 3.66. The second-order valence-corrected chi connectivity index (χ2v) is 12.2. The molecule has 1 aromatic heterocycles. The van der Waals surface area contributed by atoms with Crippen LogP contribution in [0.5, 0.6) is 0 Å². The molecule has 0 amide bonds. The van der Waals surface area contributed by atoms with Gasteiger partial charge in [0.05, 0.1) is 3.79 Å². The number of rotatable bonds is 17. The average Bonchev–Trinajstić information content (AvgIpc) is 3.31. The molecule has 35 heavy (non-hydrogen) atoms. The minimum atomic E-state index is 1.16. The number of anilines is 3. The van der Waals surface area contributed by atoms with Crippen LogP contribution in [0.4, 0.5) is 16.4 Å². The van der Waals surface area contributed by atoms with E-state index in [1.807, 2.05) is 0 Å². The summed E-state index contributed by atoms with van der Waals surface area (Å²) in [4.78, 5) is 2.39. The van der Waals surface area contributed by atoms with Crippen LogP contribution in [0.1, 0.15) is 102 Å². The highest BCUT2D eigenvalue weighted by Gasteiger charge is 2.14. The van der Waals surface area contributed by atoms with E-state index in [1.165, 1.54) is 117 Å². The fraction of sp³-hybridized carbons (Fsp3) is 0.500. The van der Waals surface area contributed by atoms with Crippen LogP contribution in [-0.4, -0.2) is 0 Å². The van der Waals surface area contributed by atoms with E-state index in [-0.39, 0.29) is 0 Å². The molecular formula is C32H44BrNS. The lowest BCUT2D eigenvalue weighted by molar-refractivity contribution is 0.607. The van der Waals surface area contributed by atoms with Crippen molar-refractivity contribution in [2.45, 2.75) is 104 Å². The molecule has 0 bridgehead atoms. The molecule has 0 radical (unpaired) electrons. The van der Waals surface area contributed by atoms with Crippen molar-refractivity contribution in [2.24, 2.45) is 0 Å². The molecule has 1 heterocycles. The lowest BCUT2D eigenvalue weighted by atomic mass is 10.0. The van der Waals surface area contributed by atoms with E-state index in [1.54, 1.807) is 11.3 Å². The number of halogens is 1. The van der Waals surface area contributed by atoms with Crippen LogP contribution < -0.4 is 4.90 Å². The Kier molecular flexibility index (Phi) is 13.0. The van der Waals surface area contributed by atoms with E-state index in [9.17, 15) is 0 Å². The summed E-state index contributed by atoms with van der Waals surface area (Å²) >= 11 is 5.45. The minimum Gasteiger partial charge on any atom is -0.302 e. The van der Waals surface area contributed by atoms with E-state index < -0.39 is 0 Å². The summed E-state index contributed by atoms with van der Waals surface area (Å²) in [6.07, 6.45) is 18.6. The third-order valence-corrected chi connectivity index (χ3v) is 8.42. The summed E-state index contributed by atoms with van der Waals surface area (Å²) in [6, 6.07) is 22.8. The topological polar surface area (TPSA) is 3.24 Å². The van der Waals surface area contributed by atoms with E-state index >= 15 is 0 Å². The maximum atomic E-state index is 3.66. The van der Waals surface area contributed by atoms with Gasteiger partial charge in [-0.25, -0.2) is 0 Å². The molecule has 0 aliphatic carbocycles. The Balaban J connectivity index is 1.62. The number of thiophene rings is 1. The zero-order chi connectivity index (χ0) is 24.7. The van der Waals surface area contributed by atoms with Crippen molar-refractivity contribution in [2.75, 3.05) is 4.90 Å². The van der Waals surface area contributed by atoms with Gasteiger partial charge in [0.25, 0.3) is 0 Å². The van der Waals surface area contributed by atoms with Crippen molar-refractivity contribution in [1.82, 2.24) is 0 Å². The van der Waals surface area contributed by atoms with Gasteiger partial charge in [-0.15, -0.1) is 11.3 Å². The third kappa shape index (κ3) is 9.77. The zero-order valence-electron chi connectivity index (χ0n) is 21.9. The summed E-state index contributed by atoms with van der Waals surface area (Å²) in [5.41, 5.74) is 5.36. The molecule has 0 saturated heterocycles. The van der Waals surface area contributed by atoms with Crippen molar-refractivity contribution in [3.63, 3.8) is 0 Å². The summed E-state index contributed by atoms with van der Waals surface area (Å²) in [5, 5.41) is 1.24. The molecule has 2 aromatic carbocycles. The minimum absolute atomic E-state index is 1.16. The molecule has 0 atom stereocenters. The summed E-state index contributed by atoms with van der Waals surface area (Å²) in [5.74, 6) is 0. The Labute approximate surface area is 227 Å². The van der Waals surface area contributed by atoms with E-state index in [2.05, 4.69) is 95.3 Å². The van der Waals surface area contributed by atoms with Gasteiger partial charge in [-0.2, -0.15) is 0 Å². The lowest BCUT2D eigenvalue weighted by Crippen LogP contribution is -2.08. The second-order valence-electron chi connectivity index (χ2n) is 9.78. The smallest absolute Gasteiger partial charge is 0.101 e. The van der Waals surface area contributed by atoms with Crippen molar-refractivity contribution in [3.8, 4) is 0 Å². The van der Waals surface area contributed by atoms with Crippen LogP contribution in [0, 0.1) is 0 Å². The molecule has 0 aliphatic rings. The van der Waals surface area contributed by atoms with Gasteiger partial charge in [0.2, 0.25) is 0 Å². The van der Waals surface area contributed by atoms with Gasteiger partial charge in [-0.3, -0.25) is 0 Å². The quantitative estimate of drug-likeness (QED) is 0.150. The van der Waals surface area contributed by atoms with Gasteiger partial charge >= 0.3 is 0 Å². The van der Waals surface area contributed by atoms with Crippen LogP contribution in [0.15, 0.2) is 64.5 Å². The van der Waals surface area contributed by atoms with E-state index in [0.717, 1.165) is 3.79 Å². The molecule has 0 unspecified atom stereocenters. The van der Waals surface area contributed by atoms with Gasteiger partial charge in [-0.05, 0) is 89.1 Å².